The molecule has 13 nitrogen and oxygen atoms in total. The second-order valence-corrected chi connectivity index (χ2v) is 19.6. The van der Waals surface area contributed by atoms with Gasteiger partial charge in [0.05, 0.1) is 18.8 Å². The van der Waals surface area contributed by atoms with Crippen LogP contribution in [0.1, 0.15) is 108 Å². The van der Waals surface area contributed by atoms with Crippen LogP contribution in [0.3, 0.4) is 0 Å². The molecule has 1 saturated heterocycles. The maximum absolute atomic E-state index is 12.7. The van der Waals surface area contributed by atoms with Crippen molar-refractivity contribution in [1.29, 1.82) is 0 Å². The van der Waals surface area contributed by atoms with E-state index in [1.807, 2.05) is 13.8 Å². The molecule has 1 aliphatic heterocycles. The average Bonchev–Trinajstić information content (AvgIpc) is 3.39. The summed E-state index contributed by atoms with van der Waals surface area (Å²) in [6, 6.07) is 0. The Kier molecular flexibility index (Phi) is 11.3. The smallest absolute Gasteiger partial charge is 0.302 e. The molecule has 0 amide bonds. The zero-order valence-electron chi connectivity index (χ0n) is 34.3. The maximum Gasteiger partial charge on any atom is 0.302 e. The molecule has 0 spiro atoms. The molecule has 0 bridgehead atoms. The molecular formula is C42H66O13. The number of esters is 3. The lowest BCUT2D eigenvalue weighted by Crippen LogP contribution is -2.69. The lowest BCUT2D eigenvalue weighted by atomic mass is 9.35. The van der Waals surface area contributed by atoms with Gasteiger partial charge in [-0.2, -0.15) is 0 Å². The van der Waals surface area contributed by atoms with Crippen LogP contribution < -0.4 is 0 Å². The Labute approximate surface area is 325 Å². The second kappa shape index (κ2) is 14.6. The predicted octanol–water partition coefficient (Wildman–Crippen LogP) is 3.45. The summed E-state index contributed by atoms with van der Waals surface area (Å²) in [5.41, 5.74) is -1.48. The molecule has 0 aromatic carbocycles. The zero-order valence-corrected chi connectivity index (χ0v) is 34.3. The van der Waals surface area contributed by atoms with E-state index in [1.54, 1.807) is 0 Å². The molecule has 13 heteroatoms. The first-order valence-electron chi connectivity index (χ1n) is 20.3. The Balaban J connectivity index is 1.37. The van der Waals surface area contributed by atoms with Crippen molar-refractivity contribution in [3.63, 3.8) is 0 Å². The minimum Gasteiger partial charge on any atom is -0.465 e. The number of aliphatic hydroxyl groups excluding tert-OH is 5. The third-order valence-corrected chi connectivity index (χ3v) is 16.1. The molecule has 5 fully saturated rings. The highest BCUT2D eigenvalue weighted by molar-refractivity contribution is 5.66. The molecule has 0 radical (unpaired) electrons. The number of allylic oxidation sites excluding steroid dienone is 1. The highest BCUT2D eigenvalue weighted by atomic mass is 16.7. The Morgan fingerprint density at radius 3 is 2.09 bits per heavy atom. The summed E-state index contributed by atoms with van der Waals surface area (Å²) in [5, 5.41) is 56.9. The van der Waals surface area contributed by atoms with Crippen molar-refractivity contribution >= 4 is 17.9 Å². The van der Waals surface area contributed by atoms with E-state index in [-0.39, 0.29) is 48.8 Å². The second-order valence-electron chi connectivity index (χ2n) is 19.6. The van der Waals surface area contributed by atoms with Crippen molar-refractivity contribution in [2.45, 2.75) is 163 Å². The fourth-order valence-corrected chi connectivity index (χ4v) is 13.6. The van der Waals surface area contributed by atoms with E-state index in [1.165, 1.54) is 20.8 Å². The van der Waals surface area contributed by atoms with Crippen LogP contribution in [0, 0.1) is 56.7 Å². The van der Waals surface area contributed by atoms with Crippen molar-refractivity contribution in [2.75, 3.05) is 13.2 Å². The van der Waals surface area contributed by atoms with Gasteiger partial charge in [-0.3, -0.25) is 14.4 Å². The van der Waals surface area contributed by atoms with Gasteiger partial charge in [-0.05, 0) is 77.9 Å². The van der Waals surface area contributed by atoms with Gasteiger partial charge in [0.1, 0.15) is 43.2 Å². The molecular weight excluding hydrogens is 712 g/mol. The van der Waals surface area contributed by atoms with Crippen molar-refractivity contribution in [1.82, 2.24) is 0 Å². The van der Waals surface area contributed by atoms with E-state index in [0.717, 1.165) is 18.4 Å². The van der Waals surface area contributed by atoms with Gasteiger partial charge in [0.25, 0.3) is 0 Å². The standard InChI is InChI=1S/C42H66O13/c1-20(2)25-15-27(47)35-41(10)12-11-24-31(40(41,9)13-14-42(25,35)19-52-22(4)44)26(46)16-30-38(6,7)36(28(53-23(5)45)17-39(24,30)8)55-37-34(50)33(49)32(48)29(54-37)18-51-21(3)43/h11,20,25-37,46-50H,12-19H2,1-10H3/t25-,26-,27+,28+,29+,30-,31-,32+,33-,34+,35+,36-,37-,39+,40-,41+,42+/m0/s1. The van der Waals surface area contributed by atoms with E-state index in [9.17, 15) is 39.9 Å². The number of aliphatic hydroxyl groups is 5. The number of carbonyl (C=O) groups excluding carboxylic acids is 3. The van der Waals surface area contributed by atoms with Crippen molar-refractivity contribution in [2.24, 2.45) is 56.7 Å². The first-order valence-corrected chi connectivity index (χ1v) is 20.3. The fraction of sp³-hybridized carbons (Fsp3) is 0.881. The lowest BCUT2D eigenvalue weighted by molar-refractivity contribution is -0.337. The summed E-state index contributed by atoms with van der Waals surface area (Å²) in [4.78, 5) is 36.5. The van der Waals surface area contributed by atoms with Gasteiger partial charge in [0.15, 0.2) is 6.29 Å². The third-order valence-electron chi connectivity index (χ3n) is 16.1. The molecule has 55 heavy (non-hydrogen) atoms. The predicted molar refractivity (Wildman–Crippen MR) is 198 cm³/mol. The topological polar surface area (TPSA) is 199 Å². The Hall–Kier alpha value is -2.13. The van der Waals surface area contributed by atoms with Crippen molar-refractivity contribution < 1.29 is 63.6 Å². The summed E-state index contributed by atoms with van der Waals surface area (Å²) in [5.74, 6) is -1.59. The summed E-state index contributed by atoms with van der Waals surface area (Å²) in [6.07, 6.45) is -4.65. The normalized spacial score (nSPS) is 48.7. The van der Waals surface area contributed by atoms with Crippen LogP contribution in [-0.2, 0) is 38.1 Å². The Morgan fingerprint density at radius 2 is 1.49 bits per heavy atom. The first-order chi connectivity index (χ1) is 25.5. The van der Waals surface area contributed by atoms with Gasteiger partial charge in [-0.25, -0.2) is 0 Å². The van der Waals surface area contributed by atoms with Crippen molar-refractivity contribution in [3.8, 4) is 0 Å². The van der Waals surface area contributed by atoms with Gasteiger partial charge in [0.2, 0.25) is 0 Å². The molecule has 312 valence electrons. The van der Waals surface area contributed by atoms with Gasteiger partial charge in [0, 0.05) is 38.0 Å². The highest BCUT2D eigenvalue weighted by Crippen LogP contribution is 2.76. The van der Waals surface area contributed by atoms with Crippen LogP contribution in [0.4, 0.5) is 0 Å². The van der Waals surface area contributed by atoms with Crippen LogP contribution in [0.5, 0.6) is 0 Å². The van der Waals surface area contributed by atoms with Crippen LogP contribution in [-0.4, -0.2) is 112 Å². The lowest BCUT2D eigenvalue weighted by Gasteiger charge is -2.70. The minimum atomic E-state index is -1.67. The summed E-state index contributed by atoms with van der Waals surface area (Å²) < 4.78 is 29.4. The molecule has 0 aromatic heterocycles. The quantitative estimate of drug-likeness (QED) is 0.104. The van der Waals surface area contributed by atoms with Crippen LogP contribution in [0.2, 0.25) is 0 Å². The SMILES string of the molecule is CC(=O)OC[C@H]1O[C@@H](O[C@H]2[C@H](OC(C)=O)C[C@]3(C)C4=CC[C@]5(C)[C@H]6[C@H](O)C[C@@H](C(C)C)[C@]6(COC(C)=O)CC[C@@]5(C)[C@@H]4[C@@H](O)C[C@H]3C2(C)C)[C@H](O)[C@@H](O)[C@@H]1O. The fourth-order valence-electron chi connectivity index (χ4n) is 13.6. The van der Waals surface area contributed by atoms with Gasteiger partial charge < -0.3 is 49.2 Å². The Morgan fingerprint density at radius 1 is 0.836 bits per heavy atom. The largest absolute Gasteiger partial charge is 0.465 e. The highest BCUT2D eigenvalue weighted by Gasteiger charge is 2.73. The number of carbonyl (C=O) groups is 3. The van der Waals surface area contributed by atoms with E-state index in [2.05, 4.69) is 40.7 Å². The maximum atomic E-state index is 12.7. The van der Waals surface area contributed by atoms with Crippen molar-refractivity contribution in [3.05, 3.63) is 11.6 Å². The van der Waals surface area contributed by atoms with E-state index >= 15 is 0 Å². The summed E-state index contributed by atoms with van der Waals surface area (Å²) in [7, 11) is 0. The van der Waals surface area contributed by atoms with Gasteiger partial charge in [-0.15, -0.1) is 0 Å². The monoisotopic (exact) mass is 778 g/mol. The molecule has 5 N–H and O–H groups in total. The summed E-state index contributed by atoms with van der Waals surface area (Å²) >= 11 is 0. The zero-order chi connectivity index (χ0) is 40.8. The molecule has 0 aromatic rings. The number of hydrogen-bond acceptors (Lipinski definition) is 13. The summed E-state index contributed by atoms with van der Waals surface area (Å²) in [6.45, 7) is 19.0. The van der Waals surface area contributed by atoms with Crippen LogP contribution in [0.15, 0.2) is 11.6 Å². The molecule has 4 saturated carbocycles. The minimum absolute atomic E-state index is 0.157. The number of ether oxygens (including phenoxy) is 5. The third kappa shape index (κ3) is 6.59. The first kappa shape index (κ1) is 42.5. The Bertz CT molecular complexity index is 1530. The number of fused-ring (bicyclic) bond motifs is 7. The number of hydrogen-bond donors (Lipinski definition) is 5. The number of rotatable bonds is 8. The van der Waals surface area contributed by atoms with E-state index in [4.69, 9.17) is 23.7 Å². The molecule has 5 aliphatic carbocycles. The molecule has 6 aliphatic rings. The van der Waals surface area contributed by atoms with Gasteiger partial charge >= 0.3 is 17.9 Å². The molecule has 0 unspecified atom stereocenters. The van der Waals surface area contributed by atoms with Gasteiger partial charge in [-0.1, -0.05) is 60.1 Å². The molecule has 1 heterocycles. The van der Waals surface area contributed by atoms with Crippen LogP contribution >= 0.6 is 0 Å². The molecule has 17 atom stereocenters. The molecule has 6 rings (SSSR count). The average molecular weight is 779 g/mol. The van der Waals surface area contributed by atoms with E-state index in [0.29, 0.717) is 25.7 Å². The van der Waals surface area contributed by atoms with E-state index < -0.39 is 94.1 Å². The van der Waals surface area contributed by atoms with Crippen LogP contribution in [0.25, 0.3) is 0 Å².